The molecule has 1 fully saturated rings. The molecule has 1 amide bonds. The molecule has 2 N–H and O–H groups in total. The van der Waals surface area contributed by atoms with Crippen LogP contribution in [0.25, 0.3) is 10.9 Å². The smallest absolute Gasteiger partial charge is 0.349 e. The Kier molecular flexibility index (Phi) is 3.65. The Bertz CT molecular complexity index is 862. The summed E-state index contributed by atoms with van der Waals surface area (Å²) in [5.41, 5.74) is -3.22. The van der Waals surface area contributed by atoms with Crippen LogP contribution >= 0.6 is 0 Å². The molecule has 128 valence electrons. The highest BCUT2D eigenvalue weighted by Gasteiger charge is 2.41. The molecule has 0 radical (unpaired) electrons. The standard InChI is InChI=1S/C16H14F4N2O2/c1-15(17)6-10(7-15)21-13(23)11-4-8-2-3-9(16(18,19)20)5-12(8)22-14(11)24/h2-5,10H,6-7H2,1H3,(H,21,23)(H,22,24). The van der Waals surface area contributed by atoms with E-state index < -0.39 is 28.9 Å². The Morgan fingerprint density at radius 2 is 1.96 bits per heavy atom. The molecule has 1 aliphatic rings. The molecule has 1 saturated carbocycles. The van der Waals surface area contributed by atoms with Gasteiger partial charge in [0, 0.05) is 24.4 Å². The highest BCUT2D eigenvalue weighted by molar-refractivity contribution is 5.97. The second-order valence-electron chi connectivity index (χ2n) is 6.30. The molecule has 1 heterocycles. The molecule has 2 aromatic rings. The summed E-state index contributed by atoms with van der Waals surface area (Å²) < 4.78 is 51.5. The fourth-order valence-corrected chi connectivity index (χ4v) is 2.88. The molecular weight excluding hydrogens is 328 g/mol. The number of halogens is 4. The van der Waals surface area contributed by atoms with E-state index in [0.717, 1.165) is 12.1 Å². The lowest BCUT2D eigenvalue weighted by Gasteiger charge is -2.38. The number of hydrogen-bond donors (Lipinski definition) is 2. The maximum absolute atomic E-state index is 13.4. The zero-order valence-electron chi connectivity index (χ0n) is 12.6. The average molecular weight is 342 g/mol. The fraction of sp³-hybridized carbons (Fsp3) is 0.375. The molecule has 24 heavy (non-hydrogen) atoms. The number of nitrogens with one attached hydrogen (secondary N) is 2. The van der Waals surface area contributed by atoms with Gasteiger partial charge in [-0.2, -0.15) is 13.2 Å². The maximum Gasteiger partial charge on any atom is 0.416 e. The molecule has 1 aliphatic carbocycles. The zero-order valence-corrected chi connectivity index (χ0v) is 12.6. The molecule has 4 nitrogen and oxygen atoms in total. The minimum atomic E-state index is -4.52. The van der Waals surface area contributed by atoms with Crippen LogP contribution in [0.2, 0.25) is 0 Å². The molecule has 0 bridgehead atoms. The second-order valence-corrected chi connectivity index (χ2v) is 6.30. The van der Waals surface area contributed by atoms with Crippen molar-refractivity contribution in [3.05, 3.63) is 45.7 Å². The van der Waals surface area contributed by atoms with Crippen LogP contribution in [0.4, 0.5) is 17.6 Å². The largest absolute Gasteiger partial charge is 0.416 e. The minimum absolute atomic E-state index is 0.00801. The van der Waals surface area contributed by atoms with Gasteiger partial charge in [0.1, 0.15) is 11.2 Å². The third-order valence-corrected chi connectivity index (χ3v) is 4.10. The Hall–Kier alpha value is -2.38. The van der Waals surface area contributed by atoms with Crippen LogP contribution in [-0.2, 0) is 6.18 Å². The van der Waals surface area contributed by atoms with Gasteiger partial charge in [0.15, 0.2) is 0 Å². The summed E-state index contributed by atoms with van der Waals surface area (Å²) in [5.74, 6) is -0.668. The van der Waals surface area contributed by atoms with Gasteiger partial charge >= 0.3 is 6.18 Å². The number of benzene rings is 1. The number of H-pyrrole nitrogens is 1. The molecule has 0 aliphatic heterocycles. The first-order valence-electron chi connectivity index (χ1n) is 7.29. The summed E-state index contributed by atoms with van der Waals surface area (Å²) in [7, 11) is 0. The zero-order chi connectivity index (χ0) is 17.7. The summed E-state index contributed by atoms with van der Waals surface area (Å²) in [4.78, 5) is 26.4. The Morgan fingerprint density at radius 1 is 1.29 bits per heavy atom. The van der Waals surface area contributed by atoms with Gasteiger partial charge in [-0.1, -0.05) is 6.07 Å². The number of carbonyl (C=O) groups is 1. The van der Waals surface area contributed by atoms with Gasteiger partial charge in [-0.05, 0) is 30.5 Å². The SMILES string of the molecule is CC1(F)CC(NC(=O)c2cc3ccc(C(F)(F)F)cc3[nH]c2=O)C1. The van der Waals surface area contributed by atoms with Gasteiger partial charge in [-0.25, -0.2) is 4.39 Å². The topological polar surface area (TPSA) is 62.0 Å². The normalized spacial score (nSPS) is 23.8. The van der Waals surface area contributed by atoms with Gasteiger partial charge in [0.2, 0.25) is 0 Å². The van der Waals surface area contributed by atoms with E-state index in [0.29, 0.717) is 5.39 Å². The molecule has 1 aromatic heterocycles. The number of pyridine rings is 1. The minimum Gasteiger partial charge on any atom is -0.349 e. The first kappa shape index (κ1) is 16.5. The molecule has 0 saturated heterocycles. The van der Waals surface area contributed by atoms with E-state index in [-0.39, 0.29) is 30.0 Å². The van der Waals surface area contributed by atoms with E-state index in [9.17, 15) is 27.2 Å². The number of amides is 1. The van der Waals surface area contributed by atoms with Crippen molar-refractivity contribution in [2.75, 3.05) is 0 Å². The molecule has 3 rings (SSSR count). The maximum atomic E-state index is 13.4. The number of alkyl halides is 4. The first-order chi connectivity index (χ1) is 11.0. The van der Waals surface area contributed by atoms with E-state index in [1.54, 1.807) is 0 Å². The van der Waals surface area contributed by atoms with Crippen molar-refractivity contribution in [1.29, 1.82) is 0 Å². The second kappa shape index (κ2) is 5.32. The van der Waals surface area contributed by atoms with E-state index in [2.05, 4.69) is 10.3 Å². The van der Waals surface area contributed by atoms with Crippen LogP contribution in [0.1, 0.15) is 35.7 Å². The quantitative estimate of drug-likeness (QED) is 0.824. The summed E-state index contributed by atoms with van der Waals surface area (Å²) >= 11 is 0. The van der Waals surface area contributed by atoms with Crippen molar-refractivity contribution < 1.29 is 22.4 Å². The molecule has 8 heteroatoms. The van der Waals surface area contributed by atoms with Crippen molar-refractivity contribution in [2.45, 2.75) is 37.7 Å². The highest BCUT2D eigenvalue weighted by atomic mass is 19.4. The van der Waals surface area contributed by atoms with E-state index in [1.165, 1.54) is 19.1 Å². The third-order valence-electron chi connectivity index (χ3n) is 4.10. The summed E-state index contributed by atoms with van der Waals surface area (Å²) in [6, 6.07) is 3.76. The Labute approximate surface area is 133 Å². The van der Waals surface area contributed by atoms with Crippen LogP contribution in [-0.4, -0.2) is 22.6 Å². The van der Waals surface area contributed by atoms with Crippen LogP contribution in [0.15, 0.2) is 29.1 Å². The Morgan fingerprint density at radius 3 is 2.54 bits per heavy atom. The number of aromatic amines is 1. The van der Waals surface area contributed by atoms with Crippen LogP contribution in [0, 0.1) is 0 Å². The lowest BCUT2D eigenvalue weighted by Crippen LogP contribution is -2.51. The molecule has 0 atom stereocenters. The van der Waals surface area contributed by atoms with Gasteiger partial charge in [-0.3, -0.25) is 9.59 Å². The molecule has 1 aromatic carbocycles. The van der Waals surface area contributed by atoms with Gasteiger partial charge in [0.25, 0.3) is 11.5 Å². The van der Waals surface area contributed by atoms with Gasteiger partial charge in [0.05, 0.1) is 5.56 Å². The fourth-order valence-electron chi connectivity index (χ4n) is 2.88. The lowest BCUT2D eigenvalue weighted by atomic mass is 9.79. The van der Waals surface area contributed by atoms with Crippen molar-refractivity contribution in [3.8, 4) is 0 Å². The number of fused-ring (bicyclic) bond motifs is 1. The number of carbonyl (C=O) groups excluding carboxylic acids is 1. The predicted molar refractivity (Wildman–Crippen MR) is 79.6 cm³/mol. The summed E-state index contributed by atoms with van der Waals surface area (Å²) in [6.45, 7) is 1.43. The van der Waals surface area contributed by atoms with Gasteiger partial charge in [-0.15, -0.1) is 0 Å². The predicted octanol–water partition coefficient (Wildman–Crippen LogP) is 3.17. The Balaban J connectivity index is 1.88. The van der Waals surface area contributed by atoms with Crippen molar-refractivity contribution in [3.63, 3.8) is 0 Å². The average Bonchev–Trinajstić information content (AvgIpc) is 2.42. The van der Waals surface area contributed by atoms with E-state index in [4.69, 9.17) is 0 Å². The summed E-state index contributed by atoms with van der Waals surface area (Å²) in [5, 5.41) is 2.85. The van der Waals surface area contributed by atoms with E-state index in [1.807, 2.05) is 0 Å². The lowest BCUT2D eigenvalue weighted by molar-refractivity contribution is -0.137. The van der Waals surface area contributed by atoms with Crippen LogP contribution in [0.5, 0.6) is 0 Å². The van der Waals surface area contributed by atoms with Crippen LogP contribution < -0.4 is 10.9 Å². The highest BCUT2D eigenvalue weighted by Crippen LogP contribution is 2.35. The molecule has 0 unspecified atom stereocenters. The number of rotatable bonds is 2. The molecule has 0 spiro atoms. The number of aromatic nitrogens is 1. The van der Waals surface area contributed by atoms with E-state index >= 15 is 0 Å². The van der Waals surface area contributed by atoms with Crippen molar-refractivity contribution in [1.82, 2.24) is 10.3 Å². The van der Waals surface area contributed by atoms with Crippen molar-refractivity contribution >= 4 is 16.8 Å². The monoisotopic (exact) mass is 342 g/mol. The summed E-state index contributed by atoms with van der Waals surface area (Å²) in [6.07, 6.45) is -4.19. The van der Waals surface area contributed by atoms with Crippen molar-refractivity contribution in [2.24, 2.45) is 0 Å². The van der Waals surface area contributed by atoms with Crippen LogP contribution in [0.3, 0.4) is 0 Å². The first-order valence-corrected chi connectivity index (χ1v) is 7.29. The third kappa shape index (κ3) is 3.13. The number of hydrogen-bond acceptors (Lipinski definition) is 2. The molecular formula is C16H14F4N2O2. The van der Waals surface area contributed by atoms with Gasteiger partial charge < -0.3 is 10.3 Å².